The largest absolute Gasteiger partial charge is 0.495 e. The molecule has 1 aliphatic rings. The molecule has 1 saturated carbocycles. The van der Waals surface area contributed by atoms with E-state index in [9.17, 15) is 18.0 Å². The predicted molar refractivity (Wildman–Crippen MR) is 80.0 cm³/mol. The van der Waals surface area contributed by atoms with Gasteiger partial charge in [0.15, 0.2) is 0 Å². The van der Waals surface area contributed by atoms with Crippen LogP contribution < -0.4 is 15.2 Å². The van der Waals surface area contributed by atoms with Crippen LogP contribution in [0, 0.1) is 5.92 Å². The van der Waals surface area contributed by atoms with Gasteiger partial charge >= 0.3 is 0 Å². The number of hydrogen-bond donors (Lipinski definition) is 2. The summed E-state index contributed by atoms with van der Waals surface area (Å²) in [5, 5.41) is 7.65. The maximum atomic E-state index is 12.2. The Bertz CT molecular complexity index is 699. The highest BCUT2D eigenvalue weighted by Gasteiger charge is 2.29. The number of amides is 1. The van der Waals surface area contributed by atoms with Crippen LogP contribution in [0.5, 0.6) is 5.75 Å². The zero-order chi connectivity index (χ0) is 16.3. The summed E-state index contributed by atoms with van der Waals surface area (Å²) in [7, 11) is -2.50. The molecule has 0 heterocycles. The van der Waals surface area contributed by atoms with Crippen LogP contribution in [0.15, 0.2) is 23.1 Å². The number of methoxy groups -OCH3 is 1. The first kappa shape index (κ1) is 16.4. The van der Waals surface area contributed by atoms with Crippen LogP contribution >= 0.6 is 0 Å². The monoisotopic (exact) mass is 326 g/mol. The first-order chi connectivity index (χ1) is 10.3. The summed E-state index contributed by atoms with van der Waals surface area (Å²) >= 11 is 0. The summed E-state index contributed by atoms with van der Waals surface area (Å²) in [5.74, 6) is -0.944. The third-order valence-corrected chi connectivity index (χ3v) is 4.54. The fourth-order valence-electron chi connectivity index (χ4n) is 2.44. The third-order valence-electron chi connectivity index (χ3n) is 3.63. The van der Waals surface area contributed by atoms with Gasteiger partial charge in [-0.25, -0.2) is 13.6 Å². The van der Waals surface area contributed by atoms with E-state index in [0.717, 1.165) is 12.8 Å². The molecular weight excluding hydrogens is 308 g/mol. The van der Waals surface area contributed by atoms with Gasteiger partial charge in [-0.1, -0.05) is 6.42 Å². The maximum absolute atomic E-state index is 12.2. The van der Waals surface area contributed by atoms with Crippen molar-refractivity contribution < 1.29 is 22.7 Å². The Hall–Kier alpha value is -1.93. The van der Waals surface area contributed by atoms with Crippen LogP contribution in [0.25, 0.3) is 0 Å². The minimum atomic E-state index is -3.90. The minimum absolute atomic E-state index is 0.0923. The van der Waals surface area contributed by atoms with Gasteiger partial charge in [-0.05, 0) is 31.0 Å². The number of hydrogen-bond acceptors (Lipinski definition) is 5. The van der Waals surface area contributed by atoms with Crippen molar-refractivity contribution in [3.8, 4) is 5.75 Å². The molecule has 120 valence electrons. The highest BCUT2D eigenvalue weighted by molar-refractivity contribution is 7.89. The first-order valence-corrected chi connectivity index (χ1v) is 8.42. The summed E-state index contributed by atoms with van der Waals surface area (Å²) in [5.41, 5.74) is 0.178. The van der Waals surface area contributed by atoms with Gasteiger partial charge < -0.3 is 10.1 Å². The summed E-state index contributed by atoms with van der Waals surface area (Å²) in [4.78, 5) is 23.9. The number of rotatable bonds is 4. The van der Waals surface area contributed by atoms with Crippen molar-refractivity contribution >= 4 is 27.4 Å². The summed E-state index contributed by atoms with van der Waals surface area (Å²) in [6.07, 6.45) is 2.51. The number of carbonyl (C=O) groups excluding carboxylic acids is 2. The Balaban J connectivity index is 2.27. The molecule has 0 radical (unpaired) electrons. The van der Waals surface area contributed by atoms with E-state index in [0.29, 0.717) is 18.6 Å². The molecule has 1 aliphatic carbocycles. The molecule has 7 nitrogen and oxygen atoms in total. The van der Waals surface area contributed by atoms with Crippen molar-refractivity contribution in [1.82, 2.24) is 0 Å². The molecule has 3 N–H and O–H groups in total. The van der Waals surface area contributed by atoms with Gasteiger partial charge in [0.25, 0.3) is 0 Å². The number of anilines is 1. The Morgan fingerprint density at radius 3 is 2.68 bits per heavy atom. The van der Waals surface area contributed by atoms with E-state index >= 15 is 0 Å². The van der Waals surface area contributed by atoms with Gasteiger partial charge in [-0.2, -0.15) is 0 Å². The van der Waals surface area contributed by atoms with E-state index in [1.54, 1.807) is 0 Å². The number of ether oxygens (including phenoxy) is 1. The van der Waals surface area contributed by atoms with E-state index in [2.05, 4.69) is 5.32 Å². The highest BCUT2D eigenvalue weighted by Crippen LogP contribution is 2.29. The van der Waals surface area contributed by atoms with Crippen LogP contribution in [-0.2, 0) is 19.6 Å². The highest BCUT2D eigenvalue weighted by atomic mass is 32.2. The van der Waals surface area contributed by atoms with Crippen molar-refractivity contribution in [3.63, 3.8) is 0 Å². The second-order valence-corrected chi connectivity index (χ2v) is 6.72. The molecular formula is C14H18N2O5S. The molecule has 1 amide bonds. The second-order valence-electron chi connectivity index (χ2n) is 5.16. The minimum Gasteiger partial charge on any atom is -0.495 e. The molecule has 1 aromatic rings. The molecule has 22 heavy (non-hydrogen) atoms. The third kappa shape index (κ3) is 3.63. The Labute approximate surface area is 128 Å². The van der Waals surface area contributed by atoms with E-state index in [1.165, 1.54) is 25.3 Å². The quantitative estimate of drug-likeness (QED) is 0.802. The van der Waals surface area contributed by atoms with E-state index in [1.807, 2.05) is 0 Å². The number of primary sulfonamides is 1. The van der Waals surface area contributed by atoms with Gasteiger partial charge in [-0.15, -0.1) is 0 Å². The molecule has 1 atom stereocenters. The van der Waals surface area contributed by atoms with Gasteiger partial charge in [0.1, 0.15) is 11.5 Å². The predicted octanol–water partition coefficient (Wildman–Crippen LogP) is 1.04. The number of ketones is 1. The van der Waals surface area contributed by atoms with Crippen LogP contribution in [-0.4, -0.2) is 27.2 Å². The number of benzene rings is 1. The average Bonchev–Trinajstić information content (AvgIpc) is 2.46. The molecule has 8 heteroatoms. The summed E-state index contributed by atoms with van der Waals surface area (Å²) in [6.45, 7) is 0. The standard InChI is InChI=1S/C14H18N2O5S/c1-21-13-7-6-9(22(15,19)20)8-11(13)16-14(18)10-4-2-3-5-12(10)17/h6-8,10H,2-5H2,1H3,(H,16,18)(H2,15,19,20). The SMILES string of the molecule is COc1ccc(S(N)(=O)=O)cc1NC(=O)C1CCCCC1=O. The lowest BCUT2D eigenvalue weighted by Gasteiger charge is -2.20. The maximum Gasteiger partial charge on any atom is 0.238 e. The average molecular weight is 326 g/mol. The molecule has 1 aromatic carbocycles. The van der Waals surface area contributed by atoms with Crippen molar-refractivity contribution in [2.75, 3.05) is 12.4 Å². The molecule has 0 aliphatic heterocycles. The lowest BCUT2D eigenvalue weighted by molar-refractivity contribution is -0.132. The molecule has 0 aromatic heterocycles. The van der Waals surface area contributed by atoms with Crippen LogP contribution in [0.3, 0.4) is 0 Å². The molecule has 0 bridgehead atoms. The lowest BCUT2D eigenvalue weighted by Crippen LogP contribution is -2.32. The van der Waals surface area contributed by atoms with Crippen molar-refractivity contribution in [2.45, 2.75) is 30.6 Å². The van der Waals surface area contributed by atoms with E-state index in [-0.39, 0.29) is 16.4 Å². The topological polar surface area (TPSA) is 116 Å². The van der Waals surface area contributed by atoms with Gasteiger partial charge in [0.05, 0.1) is 23.6 Å². The molecule has 2 rings (SSSR count). The van der Waals surface area contributed by atoms with Crippen molar-refractivity contribution in [2.24, 2.45) is 11.1 Å². The smallest absolute Gasteiger partial charge is 0.238 e. The van der Waals surface area contributed by atoms with Gasteiger partial charge in [0, 0.05) is 6.42 Å². The number of nitrogens with two attached hydrogens (primary N) is 1. The first-order valence-electron chi connectivity index (χ1n) is 6.87. The molecule has 1 unspecified atom stereocenters. The Morgan fingerprint density at radius 2 is 2.09 bits per heavy atom. The second kappa shape index (κ2) is 6.45. The van der Waals surface area contributed by atoms with E-state index < -0.39 is 21.8 Å². The number of carbonyl (C=O) groups is 2. The van der Waals surface area contributed by atoms with Gasteiger partial charge in [-0.3, -0.25) is 9.59 Å². The van der Waals surface area contributed by atoms with E-state index in [4.69, 9.17) is 9.88 Å². The molecule has 0 saturated heterocycles. The lowest BCUT2D eigenvalue weighted by atomic mass is 9.87. The van der Waals surface area contributed by atoms with Crippen molar-refractivity contribution in [1.29, 1.82) is 0 Å². The molecule has 1 fully saturated rings. The fraction of sp³-hybridized carbons (Fsp3) is 0.429. The normalized spacial score (nSPS) is 18.8. The summed E-state index contributed by atoms with van der Waals surface area (Å²) < 4.78 is 27.9. The zero-order valence-electron chi connectivity index (χ0n) is 12.2. The van der Waals surface area contributed by atoms with Crippen LogP contribution in [0.4, 0.5) is 5.69 Å². The zero-order valence-corrected chi connectivity index (χ0v) is 13.0. The van der Waals surface area contributed by atoms with Gasteiger partial charge in [0.2, 0.25) is 15.9 Å². The number of Topliss-reactive ketones (excluding diaryl/α,β-unsaturated/α-hetero) is 1. The summed E-state index contributed by atoms with van der Waals surface area (Å²) in [6, 6.07) is 3.91. The fourth-order valence-corrected chi connectivity index (χ4v) is 2.98. The Morgan fingerprint density at radius 1 is 1.36 bits per heavy atom. The Kier molecular flexibility index (Phi) is 4.82. The van der Waals surface area contributed by atoms with Crippen LogP contribution in [0.1, 0.15) is 25.7 Å². The van der Waals surface area contributed by atoms with Crippen molar-refractivity contribution in [3.05, 3.63) is 18.2 Å². The number of nitrogens with one attached hydrogen (secondary N) is 1. The van der Waals surface area contributed by atoms with Crippen LogP contribution in [0.2, 0.25) is 0 Å². The number of sulfonamides is 1. The molecule has 0 spiro atoms.